The highest BCUT2D eigenvalue weighted by molar-refractivity contribution is 7.98. The third-order valence-corrected chi connectivity index (χ3v) is 4.53. The summed E-state index contributed by atoms with van der Waals surface area (Å²) in [7, 11) is 0. The van der Waals surface area contributed by atoms with Crippen molar-refractivity contribution in [2.45, 2.75) is 18.4 Å². The van der Waals surface area contributed by atoms with Gasteiger partial charge >= 0.3 is 0 Å². The molecular weight excluding hydrogens is 308 g/mol. The lowest BCUT2D eigenvalue weighted by Gasteiger charge is -2.14. The second-order valence-corrected chi connectivity index (χ2v) is 6.09. The van der Waals surface area contributed by atoms with Crippen LogP contribution in [0.25, 0.3) is 10.9 Å². The number of aromatic nitrogens is 3. The van der Waals surface area contributed by atoms with Crippen molar-refractivity contribution in [3.05, 3.63) is 41.1 Å². The number of hydrogen-bond acceptors (Lipinski definition) is 7. The lowest BCUT2D eigenvalue weighted by molar-refractivity contribution is 0.988. The molecule has 23 heavy (non-hydrogen) atoms. The fraction of sp³-hybridized carbons (Fsp3) is 0.188. The van der Waals surface area contributed by atoms with E-state index < -0.39 is 0 Å². The first-order valence-corrected chi connectivity index (χ1v) is 8.32. The molecule has 0 saturated carbocycles. The minimum atomic E-state index is 0.190. The van der Waals surface area contributed by atoms with Crippen LogP contribution in [0.5, 0.6) is 0 Å². The van der Waals surface area contributed by atoms with Crippen molar-refractivity contribution >= 4 is 40.1 Å². The number of nitrogen functional groups attached to an aromatic ring is 3. The summed E-state index contributed by atoms with van der Waals surface area (Å²) in [6, 6.07) is 5.98. The van der Waals surface area contributed by atoms with Gasteiger partial charge in [-0.15, -0.1) is 11.8 Å². The molecular formula is C16H18N6S. The first-order valence-electron chi connectivity index (χ1n) is 7.09. The fourth-order valence-corrected chi connectivity index (χ4v) is 3.26. The topological polar surface area (TPSA) is 117 Å². The number of thioether (sulfide) groups is 1. The Balaban J connectivity index is 2.19. The predicted octanol–water partition coefficient (Wildman–Crippen LogP) is 2.39. The molecule has 2 heterocycles. The van der Waals surface area contributed by atoms with Gasteiger partial charge in [-0.1, -0.05) is 12.1 Å². The average molecular weight is 326 g/mol. The summed E-state index contributed by atoms with van der Waals surface area (Å²) in [6.45, 7) is 1.98. The van der Waals surface area contributed by atoms with Crippen LogP contribution < -0.4 is 17.2 Å². The summed E-state index contributed by atoms with van der Waals surface area (Å²) in [5.41, 5.74) is 22.4. The number of nitrogens with two attached hydrogens (primary N) is 3. The summed E-state index contributed by atoms with van der Waals surface area (Å²) in [4.78, 5) is 12.8. The Labute approximate surface area is 138 Å². The van der Waals surface area contributed by atoms with E-state index in [4.69, 9.17) is 17.2 Å². The molecule has 0 aliphatic heterocycles. The van der Waals surface area contributed by atoms with Gasteiger partial charge in [0.1, 0.15) is 10.8 Å². The van der Waals surface area contributed by atoms with E-state index in [0.29, 0.717) is 17.9 Å². The molecule has 0 saturated heterocycles. The first-order chi connectivity index (χ1) is 11.0. The van der Waals surface area contributed by atoms with Crippen LogP contribution in [0.4, 0.5) is 17.5 Å². The molecule has 0 amide bonds. The summed E-state index contributed by atoms with van der Waals surface area (Å²) in [6.07, 6.45) is 4.29. The lowest BCUT2D eigenvalue weighted by atomic mass is 9.98. The predicted molar refractivity (Wildman–Crippen MR) is 96.3 cm³/mol. The maximum Gasteiger partial charge on any atom is 0.223 e. The molecule has 0 spiro atoms. The Bertz CT molecular complexity index is 893. The SMILES string of the molecule is CSc1nc(N)nc(N)c1Cc1cc(C)c(N)c2ncccc12. The monoisotopic (exact) mass is 326 g/mol. The van der Waals surface area contributed by atoms with Crippen LogP contribution in [-0.4, -0.2) is 21.2 Å². The maximum absolute atomic E-state index is 6.15. The summed E-state index contributed by atoms with van der Waals surface area (Å²) < 4.78 is 0. The van der Waals surface area contributed by atoms with E-state index >= 15 is 0 Å². The Kier molecular flexibility index (Phi) is 3.96. The minimum absolute atomic E-state index is 0.190. The van der Waals surface area contributed by atoms with E-state index in [1.54, 1.807) is 6.20 Å². The molecule has 0 atom stereocenters. The summed E-state index contributed by atoms with van der Waals surface area (Å²) in [5.74, 6) is 0.601. The van der Waals surface area contributed by atoms with Crippen LogP contribution in [0.2, 0.25) is 0 Å². The van der Waals surface area contributed by atoms with Crippen LogP contribution in [-0.2, 0) is 6.42 Å². The van der Waals surface area contributed by atoms with Gasteiger partial charge in [0, 0.05) is 23.6 Å². The first kappa shape index (κ1) is 15.4. The van der Waals surface area contributed by atoms with Crippen LogP contribution in [0.3, 0.4) is 0 Å². The molecule has 0 bridgehead atoms. The van der Waals surface area contributed by atoms with Gasteiger partial charge in [-0.05, 0) is 30.4 Å². The molecule has 3 rings (SSSR count). The summed E-state index contributed by atoms with van der Waals surface area (Å²) >= 11 is 1.50. The molecule has 1 aromatic carbocycles. The number of benzene rings is 1. The van der Waals surface area contributed by atoms with E-state index in [1.807, 2.05) is 25.3 Å². The molecule has 7 heteroatoms. The molecule has 3 aromatic rings. The minimum Gasteiger partial charge on any atom is -0.397 e. The fourth-order valence-electron chi connectivity index (χ4n) is 2.65. The number of nitrogens with zero attached hydrogens (tertiary/aromatic N) is 3. The maximum atomic E-state index is 6.15. The number of hydrogen-bond donors (Lipinski definition) is 3. The number of aryl methyl sites for hydroxylation is 1. The molecule has 0 aliphatic rings. The molecule has 118 valence electrons. The lowest BCUT2D eigenvalue weighted by Crippen LogP contribution is -2.07. The molecule has 0 radical (unpaired) electrons. The highest BCUT2D eigenvalue weighted by Gasteiger charge is 2.15. The van der Waals surface area contributed by atoms with Gasteiger partial charge < -0.3 is 17.2 Å². The third-order valence-electron chi connectivity index (χ3n) is 3.80. The Morgan fingerprint density at radius 2 is 1.96 bits per heavy atom. The standard InChI is InChI=1S/C16H18N6S/c1-8-6-9(10-4-3-5-20-13(10)12(8)17)7-11-14(18)21-16(19)22-15(11)23-2/h3-6H,7,17H2,1-2H3,(H4,18,19,21,22). The summed E-state index contributed by atoms with van der Waals surface area (Å²) in [5, 5.41) is 1.81. The zero-order valence-electron chi connectivity index (χ0n) is 13.0. The van der Waals surface area contributed by atoms with E-state index in [0.717, 1.165) is 32.6 Å². The van der Waals surface area contributed by atoms with Crippen molar-refractivity contribution < 1.29 is 0 Å². The van der Waals surface area contributed by atoms with Crippen molar-refractivity contribution in [3.8, 4) is 0 Å². The Morgan fingerprint density at radius 3 is 2.70 bits per heavy atom. The Morgan fingerprint density at radius 1 is 1.17 bits per heavy atom. The van der Waals surface area contributed by atoms with Gasteiger partial charge in [0.05, 0.1) is 11.2 Å². The van der Waals surface area contributed by atoms with E-state index in [9.17, 15) is 0 Å². The van der Waals surface area contributed by atoms with Crippen LogP contribution in [0.1, 0.15) is 16.7 Å². The molecule has 2 aromatic heterocycles. The third kappa shape index (κ3) is 2.75. The van der Waals surface area contributed by atoms with Gasteiger partial charge in [-0.25, -0.2) is 4.98 Å². The van der Waals surface area contributed by atoms with Crippen molar-refractivity contribution in [2.24, 2.45) is 0 Å². The van der Waals surface area contributed by atoms with Crippen molar-refractivity contribution in [1.29, 1.82) is 0 Å². The zero-order chi connectivity index (χ0) is 16.6. The van der Waals surface area contributed by atoms with Gasteiger partial charge in [0.15, 0.2) is 0 Å². The van der Waals surface area contributed by atoms with Gasteiger partial charge in [-0.2, -0.15) is 4.98 Å². The largest absolute Gasteiger partial charge is 0.397 e. The van der Waals surface area contributed by atoms with Crippen molar-refractivity contribution in [3.63, 3.8) is 0 Å². The highest BCUT2D eigenvalue weighted by Crippen LogP contribution is 2.31. The molecule has 6 nitrogen and oxygen atoms in total. The highest BCUT2D eigenvalue weighted by atomic mass is 32.2. The zero-order valence-corrected chi connectivity index (χ0v) is 13.8. The number of rotatable bonds is 3. The van der Waals surface area contributed by atoms with Crippen molar-refractivity contribution in [2.75, 3.05) is 23.5 Å². The van der Waals surface area contributed by atoms with Gasteiger partial charge in [-0.3, -0.25) is 4.98 Å². The quantitative estimate of drug-likeness (QED) is 0.384. The van der Waals surface area contributed by atoms with E-state index in [1.165, 1.54) is 11.8 Å². The second kappa shape index (κ2) is 5.92. The normalized spacial score (nSPS) is 11.0. The average Bonchev–Trinajstić information content (AvgIpc) is 2.54. The number of pyridine rings is 1. The second-order valence-electron chi connectivity index (χ2n) is 5.30. The number of fused-ring (bicyclic) bond motifs is 1. The molecule has 6 N–H and O–H groups in total. The van der Waals surface area contributed by atoms with E-state index in [-0.39, 0.29) is 5.95 Å². The van der Waals surface area contributed by atoms with Gasteiger partial charge in [0.2, 0.25) is 5.95 Å². The Hall–Kier alpha value is -2.54. The molecule has 0 fully saturated rings. The van der Waals surface area contributed by atoms with E-state index in [2.05, 4.69) is 21.0 Å². The van der Waals surface area contributed by atoms with Crippen LogP contribution in [0, 0.1) is 6.92 Å². The smallest absolute Gasteiger partial charge is 0.223 e. The van der Waals surface area contributed by atoms with Crippen molar-refractivity contribution in [1.82, 2.24) is 15.0 Å². The number of anilines is 3. The van der Waals surface area contributed by atoms with Crippen LogP contribution >= 0.6 is 11.8 Å². The van der Waals surface area contributed by atoms with Gasteiger partial charge in [0.25, 0.3) is 0 Å². The molecule has 0 unspecified atom stereocenters. The van der Waals surface area contributed by atoms with Crippen LogP contribution in [0.15, 0.2) is 29.4 Å². The molecule has 0 aliphatic carbocycles.